The molecule has 2 aliphatic heterocycles. The number of carbonyl (C=O) groups excluding carboxylic acids is 1. The van der Waals surface area contributed by atoms with Crippen LogP contribution in [0.3, 0.4) is 0 Å². The maximum Gasteiger partial charge on any atom is 0.250 e. The van der Waals surface area contributed by atoms with Gasteiger partial charge in [-0.25, -0.2) is 8.78 Å². The van der Waals surface area contributed by atoms with E-state index in [2.05, 4.69) is 5.10 Å². The third kappa shape index (κ3) is 4.55. The fraction of sp³-hybridized carbons (Fsp3) is 0.765. The first kappa shape index (κ1) is 18.3. The second kappa shape index (κ2) is 6.99. The van der Waals surface area contributed by atoms with Gasteiger partial charge in [0.25, 0.3) is 5.92 Å². The summed E-state index contributed by atoms with van der Waals surface area (Å²) in [5.41, 5.74) is 0.00602. The van der Waals surface area contributed by atoms with Gasteiger partial charge in [-0.3, -0.25) is 14.4 Å². The molecule has 6 nitrogen and oxygen atoms in total. The van der Waals surface area contributed by atoms with Crippen molar-refractivity contribution < 1.29 is 18.7 Å². The van der Waals surface area contributed by atoms with Gasteiger partial charge in [0, 0.05) is 64.4 Å². The SMILES string of the molecule is Cn1nccc1CCC(=O)N1CC[C@](O)(CN2CCC(F)(F)CC2)C1. The summed E-state index contributed by atoms with van der Waals surface area (Å²) in [5.74, 6) is -2.56. The number of aryl methyl sites for hydroxylation is 2. The van der Waals surface area contributed by atoms with Crippen LogP contribution in [0.25, 0.3) is 0 Å². The summed E-state index contributed by atoms with van der Waals surface area (Å²) in [6.45, 7) is 1.75. The van der Waals surface area contributed by atoms with Gasteiger partial charge in [0.1, 0.15) is 0 Å². The van der Waals surface area contributed by atoms with Crippen molar-refractivity contribution in [3.05, 3.63) is 18.0 Å². The zero-order chi connectivity index (χ0) is 18.1. The van der Waals surface area contributed by atoms with Gasteiger partial charge in [0.05, 0.1) is 12.1 Å². The number of nitrogens with zero attached hydrogens (tertiary/aromatic N) is 4. The van der Waals surface area contributed by atoms with Crippen LogP contribution in [0.4, 0.5) is 8.78 Å². The smallest absolute Gasteiger partial charge is 0.250 e. The lowest BCUT2D eigenvalue weighted by atomic mass is 10.00. The minimum absolute atomic E-state index is 0.0160. The zero-order valence-corrected chi connectivity index (χ0v) is 14.6. The Morgan fingerprint density at radius 2 is 2.00 bits per heavy atom. The summed E-state index contributed by atoms with van der Waals surface area (Å²) in [7, 11) is 1.84. The van der Waals surface area contributed by atoms with Crippen molar-refractivity contribution in [2.24, 2.45) is 7.05 Å². The summed E-state index contributed by atoms with van der Waals surface area (Å²) < 4.78 is 28.2. The molecule has 0 bridgehead atoms. The first-order valence-electron chi connectivity index (χ1n) is 8.84. The molecule has 1 aromatic rings. The molecule has 0 aromatic carbocycles. The third-order valence-electron chi connectivity index (χ3n) is 5.31. The van der Waals surface area contributed by atoms with Crippen molar-refractivity contribution in [1.29, 1.82) is 0 Å². The normalized spacial score (nSPS) is 27.0. The van der Waals surface area contributed by atoms with Crippen LogP contribution < -0.4 is 0 Å². The van der Waals surface area contributed by atoms with Crippen LogP contribution in [-0.4, -0.2) is 74.8 Å². The summed E-state index contributed by atoms with van der Waals surface area (Å²) in [6.07, 6.45) is 2.89. The van der Waals surface area contributed by atoms with Crippen molar-refractivity contribution >= 4 is 5.91 Å². The van der Waals surface area contributed by atoms with E-state index in [0.717, 1.165) is 5.69 Å². The maximum atomic E-state index is 13.2. The van der Waals surface area contributed by atoms with E-state index in [4.69, 9.17) is 0 Å². The molecule has 3 heterocycles. The highest BCUT2D eigenvalue weighted by Gasteiger charge is 2.41. The summed E-state index contributed by atoms with van der Waals surface area (Å²) >= 11 is 0. The highest BCUT2D eigenvalue weighted by molar-refractivity contribution is 5.76. The predicted octanol–water partition coefficient (Wildman–Crippen LogP) is 1.05. The fourth-order valence-electron chi connectivity index (χ4n) is 3.69. The number of β-amino-alcohol motifs (C(OH)–C–C–N with tert-alkyl or cyclic N) is 1. The van der Waals surface area contributed by atoms with Crippen molar-refractivity contribution in [2.75, 3.05) is 32.7 Å². The van der Waals surface area contributed by atoms with Crippen molar-refractivity contribution in [2.45, 2.75) is 43.6 Å². The lowest BCUT2D eigenvalue weighted by Gasteiger charge is -2.36. The fourth-order valence-corrected chi connectivity index (χ4v) is 3.69. The topological polar surface area (TPSA) is 61.6 Å². The zero-order valence-electron chi connectivity index (χ0n) is 14.6. The van der Waals surface area contributed by atoms with Crippen LogP contribution in [0.5, 0.6) is 0 Å². The van der Waals surface area contributed by atoms with Gasteiger partial charge in [-0.2, -0.15) is 5.10 Å². The molecule has 0 aliphatic carbocycles. The molecule has 2 saturated heterocycles. The molecule has 0 saturated carbocycles. The number of hydrogen-bond acceptors (Lipinski definition) is 4. The number of aromatic nitrogens is 2. The van der Waals surface area contributed by atoms with Gasteiger partial charge in [-0.15, -0.1) is 0 Å². The molecule has 2 aliphatic rings. The van der Waals surface area contributed by atoms with Crippen LogP contribution >= 0.6 is 0 Å². The van der Waals surface area contributed by atoms with E-state index in [1.54, 1.807) is 15.8 Å². The highest BCUT2D eigenvalue weighted by atomic mass is 19.3. The molecule has 140 valence electrons. The summed E-state index contributed by atoms with van der Waals surface area (Å²) in [4.78, 5) is 16.0. The molecular weight excluding hydrogens is 330 g/mol. The minimum atomic E-state index is -2.58. The number of hydrogen-bond donors (Lipinski definition) is 1. The average molecular weight is 356 g/mol. The Labute approximate surface area is 146 Å². The molecule has 1 N–H and O–H groups in total. The molecule has 25 heavy (non-hydrogen) atoms. The van der Waals surface area contributed by atoms with Crippen LogP contribution in [0.2, 0.25) is 0 Å². The molecule has 1 amide bonds. The van der Waals surface area contributed by atoms with Crippen molar-refractivity contribution in [3.63, 3.8) is 0 Å². The van der Waals surface area contributed by atoms with Crippen LogP contribution in [0, 0.1) is 0 Å². The Morgan fingerprint density at radius 3 is 2.64 bits per heavy atom. The number of carbonyl (C=O) groups is 1. The molecule has 0 unspecified atom stereocenters. The standard InChI is InChI=1S/C17H26F2N4O2/c1-21-14(4-8-20-21)2-3-15(24)23-11-5-16(25,13-23)12-22-9-6-17(18,19)7-10-22/h4,8,25H,2-3,5-7,9-13H2,1H3/t16-/m0/s1. The van der Waals surface area contributed by atoms with Gasteiger partial charge >= 0.3 is 0 Å². The molecular formula is C17H26F2N4O2. The quantitative estimate of drug-likeness (QED) is 0.857. The maximum absolute atomic E-state index is 13.2. The molecule has 3 rings (SSSR count). The van der Waals surface area contributed by atoms with E-state index in [9.17, 15) is 18.7 Å². The largest absolute Gasteiger partial charge is 0.387 e. The first-order chi connectivity index (χ1) is 11.8. The Hall–Kier alpha value is -1.54. The van der Waals surface area contributed by atoms with E-state index >= 15 is 0 Å². The third-order valence-corrected chi connectivity index (χ3v) is 5.31. The Bertz CT molecular complexity index is 612. The number of aliphatic hydroxyl groups is 1. The van der Waals surface area contributed by atoms with Gasteiger partial charge in [-0.1, -0.05) is 0 Å². The number of rotatable bonds is 5. The second-order valence-corrected chi connectivity index (χ2v) is 7.37. The Balaban J connectivity index is 1.47. The molecule has 2 fully saturated rings. The van der Waals surface area contributed by atoms with Crippen molar-refractivity contribution in [1.82, 2.24) is 19.6 Å². The predicted molar refractivity (Wildman–Crippen MR) is 88.3 cm³/mol. The molecule has 1 aromatic heterocycles. The molecule has 0 radical (unpaired) electrons. The van der Waals surface area contributed by atoms with Gasteiger partial charge < -0.3 is 10.0 Å². The van der Waals surface area contributed by atoms with Crippen LogP contribution in [0.1, 0.15) is 31.4 Å². The first-order valence-corrected chi connectivity index (χ1v) is 8.84. The minimum Gasteiger partial charge on any atom is -0.387 e. The lowest BCUT2D eigenvalue weighted by Crippen LogP contribution is -2.49. The molecule has 8 heteroatoms. The van der Waals surface area contributed by atoms with Crippen molar-refractivity contribution in [3.8, 4) is 0 Å². The highest BCUT2D eigenvalue weighted by Crippen LogP contribution is 2.30. The number of halogens is 2. The van der Waals surface area contributed by atoms with Gasteiger partial charge in [-0.05, 0) is 18.9 Å². The average Bonchev–Trinajstić information content (AvgIpc) is 3.13. The number of piperidine rings is 1. The summed E-state index contributed by atoms with van der Waals surface area (Å²) in [6, 6.07) is 1.89. The Morgan fingerprint density at radius 1 is 1.28 bits per heavy atom. The number of alkyl halides is 2. The number of amides is 1. The Kier molecular flexibility index (Phi) is 5.11. The van der Waals surface area contributed by atoms with Gasteiger partial charge in [0.15, 0.2) is 0 Å². The second-order valence-electron chi connectivity index (χ2n) is 7.37. The van der Waals surface area contributed by atoms with E-state index < -0.39 is 11.5 Å². The number of likely N-dealkylation sites (tertiary alicyclic amines) is 2. The molecule has 0 spiro atoms. The lowest BCUT2D eigenvalue weighted by molar-refractivity contribution is -0.131. The van der Waals surface area contributed by atoms with Gasteiger partial charge in [0.2, 0.25) is 5.91 Å². The van der Waals surface area contributed by atoms with E-state index in [-0.39, 0.29) is 25.3 Å². The van der Waals surface area contributed by atoms with Crippen LogP contribution in [0.15, 0.2) is 12.3 Å². The van der Waals surface area contributed by atoms with Crippen LogP contribution in [-0.2, 0) is 18.3 Å². The monoisotopic (exact) mass is 356 g/mol. The molecule has 1 atom stereocenters. The van der Waals surface area contributed by atoms with E-state index in [0.29, 0.717) is 45.4 Å². The van der Waals surface area contributed by atoms with E-state index in [1.165, 1.54) is 0 Å². The van der Waals surface area contributed by atoms with E-state index in [1.807, 2.05) is 18.0 Å². The summed E-state index contributed by atoms with van der Waals surface area (Å²) in [5, 5.41) is 14.8.